The molecule has 0 radical (unpaired) electrons. The first-order chi connectivity index (χ1) is 15.8. The van der Waals surface area contributed by atoms with Crippen molar-refractivity contribution in [3.05, 3.63) is 11.1 Å². The molecule has 5 nitrogen and oxygen atoms in total. The van der Waals surface area contributed by atoms with Crippen molar-refractivity contribution >= 4 is 11.9 Å². The van der Waals surface area contributed by atoms with Gasteiger partial charge >= 0.3 is 11.9 Å². The molecule has 1 aliphatic heterocycles. The van der Waals surface area contributed by atoms with Crippen LogP contribution in [0.1, 0.15) is 99.8 Å². The van der Waals surface area contributed by atoms with Crippen LogP contribution in [0.3, 0.4) is 0 Å². The molecule has 10 atom stereocenters. The van der Waals surface area contributed by atoms with Gasteiger partial charge in [-0.25, -0.2) is 4.79 Å². The second-order valence-corrected chi connectivity index (χ2v) is 13.2. The molecule has 5 rings (SSSR count). The first kappa shape index (κ1) is 24.3. The molecular formula is C29H44O5. The molecule has 0 spiro atoms. The Kier molecular flexibility index (Phi) is 5.42. The van der Waals surface area contributed by atoms with Crippen molar-refractivity contribution in [3.8, 4) is 0 Å². The molecule has 190 valence electrons. The maximum atomic E-state index is 13.0. The van der Waals surface area contributed by atoms with Gasteiger partial charge < -0.3 is 14.6 Å². The van der Waals surface area contributed by atoms with Gasteiger partial charge in [0.25, 0.3) is 0 Å². The highest BCUT2D eigenvalue weighted by atomic mass is 16.6. The lowest BCUT2D eigenvalue weighted by atomic mass is 9.34. The Hall–Kier alpha value is -1.36. The largest absolute Gasteiger partial charge is 0.462 e. The molecule has 1 unspecified atom stereocenters. The average molecular weight is 473 g/mol. The van der Waals surface area contributed by atoms with Crippen LogP contribution in [0, 0.1) is 39.4 Å². The third-order valence-corrected chi connectivity index (χ3v) is 12.1. The van der Waals surface area contributed by atoms with Gasteiger partial charge in [-0.3, -0.25) is 4.79 Å². The van der Waals surface area contributed by atoms with Gasteiger partial charge in [0, 0.05) is 23.3 Å². The van der Waals surface area contributed by atoms with Crippen molar-refractivity contribution in [2.75, 3.05) is 0 Å². The molecule has 0 saturated heterocycles. The predicted octanol–water partition coefficient (Wildman–Crippen LogP) is 5.59. The van der Waals surface area contributed by atoms with Crippen molar-refractivity contribution in [2.45, 2.75) is 118 Å². The van der Waals surface area contributed by atoms with Crippen molar-refractivity contribution < 1.29 is 24.2 Å². The first-order valence-electron chi connectivity index (χ1n) is 13.6. The van der Waals surface area contributed by atoms with Gasteiger partial charge in [-0.2, -0.15) is 0 Å². The van der Waals surface area contributed by atoms with E-state index in [1.807, 2.05) is 6.92 Å². The number of fused-ring (bicyclic) bond motifs is 6. The molecule has 0 aromatic rings. The molecule has 0 amide bonds. The van der Waals surface area contributed by atoms with Gasteiger partial charge in [-0.15, -0.1) is 0 Å². The van der Waals surface area contributed by atoms with E-state index in [2.05, 4.69) is 34.6 Å². The van der Waals surface area contributed by atoms with Gasteiger partial charge in [0.2, 0.25) is 0 Å². The highest BCUT2D eigenvalue weighted by molar-refractivity contribution is 5.94. The number of carbonyl (C=O) groups is 2. The summed E-state index contributed by atoms with van der Waals surface area (Å²) in [6.07, 6.45) is 7.01. The van der Waals surface area contributed by atoms with Crippen LogP contribution in [0.25, 0.3) is 0 Å². The minimum atomic E-state index is -0.548. The van der Waals surface area contributed by atoms with E-state index in [0.29, 0.717) is 11.8 Å². The topological polar surface area (TPSA) is 72.8 Å². The summed E-state index contributed by atoms with van der Waals surface area (Å²) in [6, 6.07) is 0. The molecule has 4 aliphatic carbocycles. The number of hydrogen-bond donors (Lipinski definition) is 1. The SMILES string of the molecule is CC[C@]1(C)C2CC[C@@]3(C)[C@@H]4CCC5=C(C(=O)O[C@H]5C)[C@@]4(C)[C@@H](O)C[C@@H]3[C@@]2(C)CC[C@H]1OC(C)=O. The number of rotatable bonds is 2. The fraction of sp³-hybridized carbons (Fsp3) is 0.862. The van der Waals surface area contributed by atoms with Gasteiger partial charge in [-0.05, 0) is 92.4 Å². The summed E-state index contributed by atoms with van der Waals surface area (Å²) in [5, 5.41) is 11.8. The van der Waals surface area contributed by atoms with E-state index < -0.39 is 11.5 Å². The summed E-state index contributed by atoms with van der Waals surface area (Å²) in [7, 11) is 0. The average Bonchev–Trinajstić information content (AvgIpc) is 3.06. The van der Waals surface area contributed by atoms with Crippen LogP contribution in [-0.4, -0.2) is 35.4 Å². The number of aliphatic hydroxyl groups is 1. The Morgan fingerprint density at radius 3 is 2.35 bits per heavy atom. The summed E-state index contributed by atoms with van der Waals surface area (Å²) in [6.45, 7) is 15.2. The lowest BCUT2D eigenvalue weighted by Gasteiger charge is -2.70. The maximum Gasteiger partial charge on any atom is 0.335 e. The standard InChI is InChI=1S/C29H44O5/c1-8-26(4)19-11-13-28(6)20-10-9-18-16(2)33-25(32)24(18)29(20,7)22(31)15-21(28)27(19,5)14-12-23(26)34-17(3)30/h16,19-23,31H,8-15H2,1-7H3/t16-,19?,20-,21+,22-,23+,26+,27-,28-,29+/m0/s1. The fourth-order valence-electron chi connectivity index (χ4n) is 10.4. The molecule has 5 aliphatic rings. The lowest BCUT2D eigenvalue weighted by Crippen LogP contribution is -2.67. The molecule has 0 bridgehead atoms. The number of carbonyl (C=O) groups excluding carboxylic acids is 2. The minimum absolute atomic E-state index is 0.0339. The molecule has 0 aromatic carbocycles. The summed E-state index contributed by atoms with van der Waals surface area (Å²) in [5.41, 5.74) is 1.48. The summed E-state index contributed by atoms with van der Waals surface area (Å²) < 4.78 is 11.6. The lowest BCUT2D eigenvalue weighted by molar-refractivity contribution is -0.239. The van der Waals surface area contributed by atoms with Crippen LogP contribution >= 0.6 is 0 Å². The molecule has 3 saturated carbocycles. The van der Waals surface area contributed by atoms with Gasteiger partial charge in [0.05, 0.1) is 6.10 Å². The zero-order valence-electron chi connectivity index (χ0n) is 22.2. The van der Waals surface area contributed by atoms with Gasteiger partial charge in [0.1, 0.15) is 12.2 Å². The third-order valence-electron chi connectivity index (χ3n) is 12.1. The van der Waals surface area contributed by atoms with Crippen LogP contribution in [0.2, 0.25) is 0 Å². The highest BCUT2D eigenvalue weighted by Gasteiger charge is 2.70. The molecule has 0 aromatic heterocycles. The number of ether oxygens (including phenoxy) is 2. The van der Waals surface area contributed by atoms with Crippen molar-refractivity contribution in [1.29, 1.82) is 0 Å². The molecule has 5 heteroatoms. The van der Waals surface area contributed by atoms with Crippen LogP contribution in [0.15, 0.2) is 11.1 Å². The van der Waals surface area contributed by atoms with Crippen molar-refractivity contribution in [3.63, 3.8) is 0 Å². The number of aliphatic hydroxyl groups excluding tert-OH is 1. The maximum absolute atomic E-state index is 13.0. The Morgan fingerprint density at radius 2 is 1.71 bits per heavy atom. The molecule has 1 N–H and O–H groups in total. The zero-order chi connectivity index (χ0) is 24.8. The van der Waals surface area contributed by atoms with Crippen LogP contribution in [0.4, 0.5) is 0 Å². The van der Waals surface area contributed by atoms with Crippen molar-refractivity contribution in [1.82, 2.24) is 0 Å². The third kappa shape index (κ3) is 2.88. The molecule has 1 heterocycles. The van der Waals surface area contributed by atoms with E-state index in [1.54, 1.807) is 0 Å². The van der Waals surface area contributed by atoms with E-state index in [1.165, 1.54) is 6.92 Å². The number of hydrogen-bond acceptors (Lipinski definition) is 5. The smallest absolute Gasteiger partial charge is 0.335 e. The Bertz CT molecular complexity index is 939. The van der Waals surface area contributed by atoms with Crippen LogP contribution in [0.5, 0.6) is 0 Å². The summed E-state index contributed by atoms with van der Waals surface area (Å²) in [4.78, 5) is 24.9. The molecular weight excluding hydrogens is 428 g/mol. The monoisotopic (exact) mass is 472 g/mol. The fourth-order valence-corrected chi connectivity index (χ4v) is 10.4. The summed E-state index contributed by atoms with van der Waals surface area (Å²) in [5.74, 6) is 0.723. The van der Waals surface area contributed by atoms with E-state index in [9.17, 15) is 14.7 Å². The molecule has 34 heavy (non-hydrogen) atoms. The Morgan fingerprint density at radius 1 is 1.06 bits per heavy atom. The number of cyclic esters (lactones) is 1. The number of esters is 2. The van der Waals surface area contributed by atoms with Gasteiger partial charge in [0.15, 0.2) is 0 Å². The second-order valence-electron chi connectivity index (χ2n) is 13.2. The summed E-state index contributed by atoms with van der Waals surface area (Å²) >= 11 is 0. The van der Waals surface area contributed by atoms with Crippen molar-refractivity contribution in [2.24, 2.45) is 39.4 Å². The van der Waals surface area contributed by atoms with E-state index in [-0.39, 0.29) is 46.3 Å². The minimum Gasteiger partial charge on any atom is -0.462 e. The highest BCUT2D eigenvalue weighted by Crippen LogP contribution is 2.74. The second kappa shape index (κ2) is 7.57. The first-order valence-corrected chi connectivity index (χ1v) is 13.6. The normalized spacial score (nSPS) is 52.2. The molecule has 3 fully saturated rings. The zero-order valence-corrected chi connectivity index (χ0v) is 22.2. The van der Waals surface area contributed by atoms with E-state index in [0.717, 1.165) is 62.5 Å². The predicted molar refractivity (Wildman–Crippen MR) is 130 cm³/mol. The quantitative estimate of drug-likeness (QED) is 0.531. The van der Waals surface area contributed by atoms with E-state index >= 15 is 0 Å². The van der Waals surface area contributed by atoms with Crippen LogP contribution in [-0.2, 0) is 19.1 Å². The van der Waals surface area contributed by atoms with E-state index in [4.69, 9.17) is 9.47 Å². The Labute approximate surface area is 205 Å². The van der Waals surface area contributed by atoms with Crippen LogP contribution < -0.4 is 0 Å². The van der Waals surface area contributed by atoms with Gasteiger partial charge in [-0.1, -0.05) is 34.6 Å². The Balaban J connectivity index is 1.55.